The van der Waals surface area contributed by atoms with Gasteiger partial charge in [0.25, 0.3) is 5.91 Å². The fraction of sp³-hybridized carbons (Fsp3) is 0.528. The molecule has 2 aromatic carbocycles. The molecule has 3 aliphatic rings. The molecule has 2 aromatic heterocycles. The van der Waals surface area contributed by atoms with Crippen LogP contribution in [-0.2, 0) is 10.8 Å². The van der Waals surface area contributed by atoms with Gasteiger partial charge in [0.2, 0.25) is 0 Å². The van der Waals surface area contributed by atoms with Crippen LogP contribution in [0.1, 0.15) is 99.2 Å². The summed E-state index contributed by atoms with van der Waals surface area (Å²) in [6.45, 7) is 11.3. The van der Waals surface area contributed by atoms with Crippen molar-refractivity contribution in [2.75, 3.05) is 19.6 Å². The molecule has 3 saturated heterocycles. The number of rotatable bonds is 6. The molecule has 43 heavy (non-hydrogen) atoms. The summed E-state index contributed by atoms with van der Waals surface area (Å²) in [5.74, 6) is 1.24. The van der Waals surface area contributed by atoms with Crippen molar-refractivity contribution >= 4 is 16.9 Å². The van der Waals surface area contributed by atoms with E-state index in [2.05, 4.69) is 107 Å². The lowest BCUT2D eigenvalue weighted by molar-refractivity contribution is 0.0600. The Labute approximate surface area is 255 Å². The third kappa shape index (κ3) is 5.09. The average Bonchev–Trinajstić information content (AvgIpc) is 3.70. The molecule has 1 amide bonds. The van der Waals surface area contributed by atoms with Gasteiger partial charge in [-0.1, -0.05) is 63.2 Å². The summed E-state index contributed by atoms with van der Waals surface area (Å²) in [7, 11) is 0. The van der Waals surface area contributed by atoms with E-state index in [0.29, 0.717) is 23.8 Å². The van der Waals surface area contributed by atoms with Gasteiger partial charge in [-0.2, -0.15) is 5.10 Å². The Hall–Kier alpha value is -3.45. The Kier molecular flexibility index (Phi) is 7.19. The SMILES string of the molecule is Cc1nc2ccccc2n1C1CC2CCC(C1)N2CCC1(c2ccccc2)CCN(C(=O)c2[nH]ncc2C(C)(C)C)CC1. The molecule has 7 nitrogen and oxygen atoms in total. The van der Waals surface area contributed by atoms with E-state index in [-0.39, 0.29) is 16.7 Å². The van der Waals surface area contributed by atoms with Gasteiger partial charge in [0, 0.05) is 36.8 Å². The number of benzene rings is 2. The van der Waals surface area contributed by atoms with E-state index in [1.165, 1.54) is 36.8 Å². The second-order valence-electron chi connectivity index (χ2n) is 14.4. The van der Waals surface area contributed by atoms with Crippen molar-refractivity contribution in [2.45, 2.75) is 102 Å². The molecule has 2 atom stereocenters. The second-order valence-corrected chi connectivity index (χ2v) is 14.4. The van der Waals surface area contributed by atoms with Crippen LogP contribution in [0.3, 0.4) is 0 Å². The number of H-pyrrole nitrogens is 1. The molecule has 3 fully saturated rings. The number of aromatic nitrogens is 4. The van der Waals surface area contributed by atoms with Crippen LogP contribution in [0.2, 0.25) is 0 Å². The molecule has 1 N–H and O–H groups in total. The first-order valence-electron chi connectivity index (χ1n) is 16.3. The van der Waals surface area contributed by atoms with E-state index in [9.17, 15) is 4.79 Å². The van der Waals surface area contributed by atoms with Crippen molar-refractivity contribution in [3.8, 4) is 0 Å². The molecule has 0 spiro atoms. The van der Waals surface area contributed by atoms with Gasteiger partial charge in [-0.3, -0.25) is 14.8 Å². The van der Waals surface area contributed by atoms with Gasteiger partial charge in [0.05, 0.1) is 17.2 Å². The quantitative estimate of drug-likeness (QED) is 0.273. The maximum absolute atomic E-state index is 13.6. The summed E-state index contributed by atoms with van der Waals surface area (Å²) in [6, 6.07) is 21.5. The molecule has 7 heteroatoms. The summed E-state index contributed by atoms with van der Waals surface area (Å²) in [5.41, 5.74) is 5.44. The fourth-order valence-corrected chi connectivity index (χ4v) is 8.58. The Bertz CT molecular complexity index is 1570. The molecular weight excluding hydrogens is 532 g/mol. The number of nitrogens with one attached hydrogen (secondary N) is 1. The van der Waals surface area contributed by atoms with Crippen molar-refractivity contribution in [1.29, 1.82) is 0 Å². The predicted molar refractivity (Wildman–Crippen MR) is 171 cm³/mol. The van der Waals surface area contributed by atoms with E-state index in [0.717, 1.165) is 55.8 Å². The minimum absolute atomic E-state index is 0.0894. The van der Waals surface area contributed by atoms with Gasteiger partial charge in [-0.25, -0.2) is 4.98 Å². The van der Waals surface area contributed by atoms with Crippen LogP contribution in [0.5, 0.6) is 0 Å². The maximum atomic E-state index is 13.6. The smallest absolute Gasteiger partial charge is 0.272 e. The van der Waals surface area contributed by atoms with Crippen molar-refractivity contribution < 1.29 is 4.79 Å². The number of amides is 1. The first-order chi connectivity index (χ1) is 20.7. The number of fused-ring (bicyclic) bond motifs is 3. The minimum Gasteiger partial charge on any atom is -0.337 e. The van der Waals surface area contributed by atoms with Crippen LogP contribution in [0.4, 0.5) is 0 Å². The normalized spacial score (nSPS) is 24.1. The zero-order chi connectivity index (χ0) is 29.8. The lowest BCUT2D eigenvalue weighted by Gasteiger charge is -2.45. The van der Waals surface area contributed by atoms with E-state index in [4.69, 9.17) is 4.98 Å². The van der Waals surface area contributed by atoms with Gasteiger partial charge in [0.1, 0.15) is 11.5 Å². The largest absolute Gasteiger partial charge is 0.337 e. The van der Waals surface area contributed by atoms with Crippen LogP contribution in [0.25, 0.3) is 11.0 Å². The Balaban J connectivity index is 1.06. The number of hydrogen-bond acceptors (Lipinski definition) is 4. The standard InChI is InChI=1S/C36H46N6O/c1-25-38-31-12-8-9-13-32(31)42(25)29-22-27-14-15-28(23-29)41(27)21-18-36(26-10-6-5-7-11-26)16-19-40(20-17-36)34(43)33-30(24-37-39-33)35(2,3)4/h5-13,24,27-29H,14-23H2,1-4H3,(H,37,39). The zero-order valence-corrected chi connectivity index (χ0v) is 26.2. The van der Waals surface area contributed by atoms with Crippen molar-refractivity contribution in [2.24, 2.45) is 0 Å². The summed E-state index contributed by atoms with van der Waals surface area (Å²) in [5, 5.41) is 7.26. The van der Waals surface area contributed by atoms with Crippen LogP contribution >= 0.6 is 0 Å². The highest BCUT2D eigenvalue weighted by molar-refractivity contribution is 5.94. The number of carbonyl (C=O) groups excluding carboxylic acids is 1. The Morgan fingerprint density at radius 3 is 2.33 bits per heavy atom. The monoisotopic (exact) mass is 578 g/mol. The number of imidazole rings is 1. The molecule has 5 heterocycles. The molecule has 7 rings (SSSR count). The molecule has 4 aromatic rings. The molecule has 2 unspecified atom stereocenters. The van der Waals surface area contributed by atoms with Crippen LogP contribution in [-0.4, -0.2) is 67.2 Å². The highest BCUT2D eigenvalue weighted by Gasteiger charge is 2.44. The Morgan fingerprint density at radius 1 is 0.953 bits per heavy atom. The number of piperidine rings is 2. The third-order valence-electron chi connectivity index (χ3n) is 10.9. The number of hydrogen-bond donors (Lipinski definition) is 1. The van der Waals surface area contributed by atoms with E-state index >= 15 is 0 Å². The van der Waals surface area contributed by atoms with Gasteiger partial charge >= 0.3 is 0 Å². The lowest BCUT2D eigenvalue weighted by Crippen LogP contribution is -2.49. The van der Waals surface area contributed by atoms with Crippen molar-refractivity contribution in [3.63, 3.8) is 0 Å². The van der Waals surface area contributed by atoms with Gasteiger partial charge in [-0.05, 0) is 86.9 Å². The highest BCUT2D eigenvalue weighted by Crippen LogP contribution is 2.45. The van der Waals surface area contributed by atoms with Crippen molar-refractivity contribution in [3.05, 3.63) is 83.4 Å². The number of aromatic amines is 1. The molecule has 2 bridgehead atoms. The molecule has 3 aliphatic heterocycles. The Morgan fingerprint density at radius 2 is 1.63 bits per heavy atom. The number of likely N-dealkylation sites (tertiary alicyclic amines) is 1. The van der Waals surface area contributed by atoms with Crippen molar-refractivity contribution in [1.82, 2.24) is 29.5 Å². The fourth-order valence-electron chi connectivity index (χ4n) is 8.58. The second kappa shape index (κ2) is 10.9. The van der Waals surface area contributed by atoms with E-state index < -0.39 is 0 Å². The number of carbonyl (C=O) groups is 1. The lowest BCUT2D eigenvalue weighted by atomic mass is 9.70. The predicted octanol–water partition coefficient (Wildman–Crippen LogP) is 6.80. The summed E-state index contributed by atoms with van der Waals surface area (Å²) < 4.78 is 2.53. The summed E-state index contributed by atoms with van der Waals surface area (Å²) in [6.07, 6.45) is 9.96. The molecule has 0 saturated carbocycles. The number of para-hydroxylation sites is 2. The maximum Gasteiger partial charge on any atom is 0.272 e. The van der Waals surface area contributed by atoms with E-state index in [1.54, 1.807) is 0 Å². The number of aryl methyl sites for hydroxylation is 1. The van der Waals surface area contributed by atoms with Gasteiger partial charge in [-0.15, -0.1) is 0 Å². The van der Waals surface area contributed by atoms with Gasteiger partial charge < -0.3 is 9.47 Å². The number of nitrogens with zero attached hydrogens (tertiary/aromatic N) is 5. The van der Waals surface area contributed by atoms with Crippen LogP contribution in [0.15, 0.2) is 60.8 Å². The van der Waals surface area contributed by atoms with E-state index in [1.807, 2.05) is 6.20 Å². The topological polar surface area (TPSA) is 70.1 Å². The first-order valence-corrected chi connectivity index (χ1v) is 16.3. The molecule has 0 aliphatic carbocycles. The van der Waals surface area contributed by atoms with Crippen LogP contribution in [0, 0.1) is 6.92 Å². The summed E-state index contributed by atoms with van der Waals surface area (Å²) in [4.78, 5) is 23.4. The molecule has 0 radical (unpaired) electrons. The zero-order valence-electron chi connectivity index (χ0n) is 26.2. The highest BCUT2D eigenvalue weighted by atomic mass is 16.2. The average molecular weight is 579 g/mol. The minimum atomic E-state index is -0.127. The molecular formula is C36H46N6O. The van der Waals surface area contributed by atoms with Crippen LogP contribution < -0.4 is 0 Å². The summed E-state index contributed by atoms with van der Waals surface area (Å²) >= 11 is 0. The first kappa shape index (κ1) is 28.3. The third-order valence-corrected chi connectivity index (χ3v) is 10.9. The molecule has 226 valence electrons. The van der Waals surface area contributed by atoms with Gasteiger partial charge in [0.15, 0.2) is 0 Å².